The van der Waals surface area contributed by atoms with Crippen LogP contribution >= 0.6 is 11.6 Å². The van der Waals surface area contributed by atoms with Crippen molar-refractivity contribution in [1.29, 1.82) is 0 Å². The first-order valence-electron chi connectivity index (χ1n) is 14.5. The van der Waals surface area contributed by atoms with E-state index in [1.54, 1.807) is 42.2 Å². The van der Waals surface area contributed by atoms with Gasteiger partial charge in [-0.3, -0.25) is 9.55 Å². The average Bonchev–Trinajstić information content (AvgIpc) is 3.29. The van der Waals surface area contributed by atoms with E-state index in [9.17, 15) is 9.59 Å². The number of methoxy groups -OCH3 is 1. The van der Waals surface area contributed by atoms with Crippen LogP contribution in [-0.4, -0.2) is 69.6 Å². The van der Waals surface area contributed by atoms with E-state index in [-0.39, 0.29) is 17.8 Å². The summed E-state index contributed by atoms with van der Waals surface area (Å²) < 4.78 is 15.0. The van der Waals surface area contributed by atoms with E-state index in [1.165, 1.54) is 4.57 Å². The SMILES string of the molecule is COC1C(c2ccccc2)=CC(C)=C(n2ccn(C)c2=O)C1(Cl)c1cncc(N2CCN(C(=O)OC(C)(C)C)[C@H](C)C2)c1. The van der Waals surface area contributed by atoms with Crippen LogP contribution in [0.4, 0.5) is 10.5 Å². The van der Waals surface area contributed by atoms with E-state index in [2.05, 4.69) is 9.88 Å². The predicted molar refractivity (Wildman–Crippen MR) is 170 cm³/mol. The van der Waals surface area contributed by atoms with Crippen LogP contribution in [0.5, 0.6) is 0 Å². The Morgan fingerprint density at radius 3 is 2.44 bits per heavy atom. The van der Waals surface area contributed by atoms with Crippen molar-refractivity contribution in [2.45, 2.75) is 57.2 Å². The van der Waals surface area contributed by atoms with Crippen LogP contribution in [0.15, 0.2) is 77.6 Å². The molecule has 1 saturated heterocycles. The molecule has 0 saturated carbocycles. The van der Waals surface area contributed by atoms with Crippen molar-refractivity contribution in [1.82, 2.24) is 19.0 Å². The second-order valence-corrected chi connectivity index (χ2v) is 12.9. The van der Waals surface area contributed by atoms with E-state index in [4.69, 9.17) is 21.1 Å². The van der Waals surface area contributed by atoms with Crippen LogP contribution in [0.25, 0.3) is 11.3 Å². The van der Waals surface area contributed by atoms with Crippen LogP contribution in [0.1, 0.15) is 45.7 Å². The molecule has 10 heteroatoms. The van der Waals surface area contributed by atoms with Gasteiger partial charge in [-0.25, -0.2) is 9.59 Å². The standard InChI is InChI=1S/C33H40ClN5O4/c1-22-17-27(24-11-9-8-10-12-24)29(42-7)33(34,28(22)39-15-13-36(6)30(39)40)25-18-26(20-35-19-25)37-14-16-38(23(2)21-37)31(41)43-32(3,4)5/h8-13,15,17-20,23,29H,14,16,21H2,1-7H3/t23-,29?,33?/m1/s1. The highest BCUT2D eigenvalue weighted by molar-refractivity contribution is 6.31. The number of halogens is 1. The summed E-state index contributed by atoms with van der Waals surface area (Å²) in [6.45, 7) is 11.3. The molecule has 3 aromatic rings. The number of aromatic nitrogens is 3. The Morgan fingerprint density at radius 1 is 1.12 bits per heavy atom. The minimum atomic E-state index is -1.29. The molecule has 0 N–H and O–H groups in total. The summed E-state index contributed by atoms with van der Waals surface area (Å²) in [7, 11) is 3.35. The summed E-state index contributed by atoms with van der Waals surface area (Å²) in [6.07, 6.45) is 8.12. The summed E-state index contributed by atoms with van der Waals surface area (Å²) >= 11 is 7.83. The van der Waals surface area contributed by atoms with E-state index in [0.717, 1.165) is 22.4 Å². The molecule has 2 unspecified atom stereocenters. The molecular weight excluding hydrogens is 566 g/mol. The molecular formula is C33H40ClN5O4. The number of carbonyl (C=O) groups is 1. The lowest BCUT2D eigenvalue weighted by Gasteiger charge is -2.43. The number of allylic oxidation sites excluding steroid dienone is 2. The summed E-state index contributed by atoms with van der Waals surface area (Å²) in [4.78, 5) is 33.4. The third-order valence-electron chi connectivity index (χ3n) is 8.03. The van der Waals surface area contributed by atoms with Gasteiger partial charge in [-0.15, -0.1) is 11.6 Å². The zero-order valence-electron chi connectivity index (χ0n) is 25.9. The van der Waals surface area contributed by atoms with Gasteiger partial charge in [0.1, 0.15) is 16.6 Å². The molecule has 3 atom stereocenters. The second kappa shape index (κ2) is 11.7. The molecule has 1 aliphatic heterocycles. The number of piperazine rings is 1. The first-order chi connectivity index (χ1) is 20.3. The number of benzene rings is 1. The number of nitrogens with zero attached hydrogens (tertiary/aromatic N) is 5. The zero-order valence-corrected chi connectivity index (χ0v) is 26.6. The average molecular weight is 606 g/mol. The Morgan fingerprint density at radius 2 is 1.84 bits per heavy atom. The van der Waals surface area contributed by atoms with Gasteiger partial charge in [0.2, 0.25) is 0 Å². The molecule has 1 fully saturated rings. The Kier molecular flexibility index (Phi) is 8.33. The van der Waals surface area contributed by atoms with E-state index >= 15 is 0 Å². The first kappa shape index (κ1) is 30.6. The van der Waals surface area contributed by atoms with Gasteiger partial charge in [-0.2, -0.15) is 0 Å². The molecule has 228 valence electrons. The van der Waals surface area contributed by atoms with Crippen molar-refractivity contribution in [3.05, 3.63) is 94.4 Å². The molecule has 0 spiro atoms. The Bertz CT molecular complexity index is 1620. The van der Waals surface area contributed by atoms with E-state index in [0.29, 0.717) is 30.9 Å². The van der Waals surface area contributed by atoms with Gasteiger partial charge in [0.25, 0.3) is 0 Å². The Hall–Kier alpha value is -3.82. The molecule has 0 radical (unpaired) electrons. The van der Waals surface area contributed by atoms with Gasteiger partial charge in [0, 0.05) is 64.0 Å². The van der Waals surface area contributed by atoms with E-state index in [1.807, 2.05) is 83.3 Å². The fraction of sp³-hybridized carbons (Fsp3) is 0.424. The number of aryl methyl sites for hydroxylation is 1. The van der Waals surface area contributed by atoms with Gasteiger partial charge < -0.3 is 23.8 Å². The number of ether oxygens (including phenoxy) is 2. The number of amides is 1. The maximum atomic E-state index is 13.3. The smallest absolute Gasteiger partial charge is 0.410 e. The predicted octanol–water partition coefficient (Wildman–Crippen LogP) is 5.50. The summed E-state index contributed by atoms with van der Waals surface area (Å²) in [5, 5.41) is 0. The van der Waals surface area contributed by atoms with Crippen molar-refractivity contribution in [3.8, 4) is 0 Å². The molecule has 2 aliphatic rings. The van der Waals surface area contributed by atoms with Gasteiger partial charge in [-0.05, 0) is 57.4 Å². The van der Waals surface area contributed by atoms with Gasteiger partial charge in [-0.1, -0.05) is 36.4 Å². The molecule has 1 amide bonds. The number of alkyl halides is 1. The maximum absolute atomic E-state index is 13.3. The second-order valence-electron chi connectivity index (χ2n) is 12.3. The molecule has 9 nitrogen and oxygen atoms in total. The number of rotatable bonds is 5. The Labute approximate surface area is 258 Å². The molecule has 2 aromatic heterocycles. The minimum absolute atomic E-state index is 0.0770. The van der Waals surface area contributed by atoms with Crippen LogP contribution in [0.2, 0.25) is 0 Å². The van der Waals surface area contributed by atoms with Gasteiger partial charge >= 0.3 is 11.8 Å². The number of carbonyl (C=O) groups excluding carboxylic acids is 1. The lowest BCUT2D eigenvalue weighted by atomic mass is 9.77. The highest BCUT2D eigenvalue weighted by Crippen LogP contribution is 2.52. The summed E-state index contributed by atoms with van der Waals surface area (Å²) in [5.41, 5.74) is 4.16. The fourth-order valence-electron chi connectivity index (χ4n) is 6.03. The lowest BCUT2D eigenvalue weighted by molar-refractivity contribution is 0.0159. The summed E-state index contributed by atoms with van der Waals surface area (Å²) in [5.74, 6) is 0. The molecule has 43 heavy (non-hydrogen) atoms. The molecule has 3 heterocycles. The summed E-state index contributed by atoms with van der Waals surface area (Å²) in [6, 6.07) is 11.9. The van der Waals surface area contributed by atoms with Crippen molar-refractivity contribution >= 4 is 34.7 Å². The van der Waals surface area contributed by atoms with Crippen LogP contribution < -0.4 is 10.6 Å². The van der Waals surface area contributed by atoms with Crippen molar-refractivity contribution in [3.63, 3.8) is 0 Å². The van der Waals surface area contributed by atoms with Crippen molar-refractivity contribution in [2.24, 2.45) is 7.05 Å². The van der Waals surface area contributed by atoms with Crippen molar-refractivity contribution in [2.75, 3.05) is 31.6 Å². The third-order valence-corrected chi connectivity index (χ3v) is 8.62. The highest BCUT2D eigenvalue weighted by Gasteiger charge is 2.49. The fourth-order valence-corrected chi connectivity index (χ4v) is 6.58. The van der Waals surface area contributed by atoms with Crippen LogP contribution in [0.3, 0.4) is 0 Å². The molecule has 0 bridgehead atoms. The monoisotopic (exact) mass is 605 g/mol. The number of imidazole rings is 1. The highest BCUT2D eigenvalue weighted by atomic mass is 35.5. The van der Waals surface area contributed by atoms with Crippen LogP contribution in [0, 0.1) is 0 Å². The number of hydrogen-bond acceptors (Lipinski definition) is 6. The van der Waals surface area contributed by atoms with Gasteiger partial charge in [0.05, 0.1) is 17.6 Å². The van der Waals surface area contributed by atoms with Crippen molar-refractivity contribution < 1.29 is 14.3 Å². The Balaban J connectivity index is 1.57. The lowest BCUT2D eigenvalue weighted by Crippen LogP contribution is -2.55. The topological polar surface area (TPSA) is 81.8 Å². The molecule has 1 aromatic carbocycles. The molecule has 1 aliphatic carbocycles. The quantitative estimate of drug-likeness (QED) is 0.357. The number of hydrogen-bond donors (Lipinski definition) is 0. The van der Waals surface area contributed by atoms with Gasteiger partial charge in [0.15, 0.2) is 0 Å². The zero-order chi connectivity index (χ0) is 31.1. The number of pyridine rings is 1. The maximum Gasteiger partial charge on any atom is 0.410 e. The largest absolute Gasteiger partial charge is 0.444 e. The first-order valence-corrected chi connectivity index (χ1v) is 14.9. The van der Waals surface area contributed by atoms with E-state index < -0.39 is 16.6 Å². The number of anilines is 1. The third kappa shape index (κ3) is 5.76. The minimum Gasteiger partial charge on any atom is -0.444 e. The molecule has 5 rings (SSSR count). The van der Waals surface area contributed by atoms with Crippen LogP contribution in [-0.2, 0) is 21.4 Å². The normalized spacial score (nSPS) is 22.9.